The van der Waals surface area contributed by atoms with Crippen molar-refractivity contribution in [3.63, 3.8) is 0 Å². The van der Waals surface area contributed by atoms with E-state index in [0.717, 1.165) is 18.7 Å². The highest BCUT2D eigenvalue weighted by Gasteiger charge is 2.12. The third kappa shape index (κ3) is 4.06. The number of hydrogen-bond acceptors (Lipinski definition) is 2. The summed E-state index contributed by atoms with van der Waals surface area (Å²) in [6.45, 7) is 3.31. The summed E-state index contributed by atoms with van der Waals surface area (Å²) in [6.07, 6.45) is 3.30. The molecule has 0 bridgehead atoms. The second-order valence-corrected chi connectivity index (χ2v) is 4.31. The Labute approximate surface area is 96.8 Å². The summed E-state index contributed by atoms with van der Waals surface area (Å²) < 4.78 is 0. The van der Waals surface area contributed by atoms with Gasteiger partial charge in [-0.15, -0.1) is 0 Å². The molecule has 4 nitrogen and oxygen atoms in total. The lowest BCUT2D eigenvalue weighted by Crippen LogP contribution is -2.31. The lowest BCUT2D eigenvalue weighted by molar-refractivity contribution is -0.130. The fraction of sp³-hybridized carbons (Fsp3) is 0.583. The molecule has 90 valence electrons. The van der Waals surface area contributed by atoms with Gasteiger partial charge < -0.3 is 15.6 Å². The van der Waals surface area contributed by atoms with Crippen LogP contribution in [0.5, 0.6) is 0 Å². The number of nitrogens with two attached hydrogens (primary N) is 1. The van der Waals surface area contributed by atoms with Gasteiger partial charge in [0.2, 0.25) is 5.91 Å². The molecule has 1 aromatic rings. The molecule has 0 aliphatic heterocycles. The van der Waals surface area contributed by atoms with Crippen molar-refractivity contribution in [2.24, 2.45) is 11.7 Å². The normalized spacial score (nSPS) is 12.4. The Bertz CT molecular complexity index is 308. The monoisotopic (exact) mass is 223 g/mol. The molecule has 0 aliphatic rings. The van der Waals surface area contributed by atoms with Crippen molar-refractivity contribution < 1.29 is 4.79 Å². The molecule has 0 fully saturated rings. The van der Waals surface area contributed by atoms with Gasteiger partial charge in [-0.05, 0) is 24.6 Å². The van der Waals surface area contributed by atoms with E-state index in [4.69, 9.17) is 5.73 Å². The van der Waals surface area contributed by atoms with Gasteiger partial charge in [-0.2, -0.15) is 0 Å². The first kappa shape index (κ1) is 12.8. The van der Waals surface area contributed by atoms with Gasteiger partial charge in [0.25, 0.3) is 0 Å². The van der Waals surface area contributed by atoms with Crippen LogP contribution in [0, 0.1) is 5.92 Å². The molecule has 3 N–H and O–H groups in total. The van der Waals surface area contributed by atoms with Crippen LogP contribution in [0.1, 0.15) is 19.0 Å². The molecular formula is C12H21N3O. The van der Waals surface area contributed by atoms with Crippen molar-refractivity contribution in [3.05, 3.63) is 24.0 Å². The number of hydrogen-bond donors (Lipinski definition) is 2. The fourth-order valence-electron chi connectivity index (χ4n) is 1.47. The number of rotatable bonds is 6. The van der Waals surface area contributed by atoms with Crippen molar-refractivity contribution in [3.8, 4) is 0 Å². The van der Waals surface area contributed by atoms with Crippen molar-refractivity contribution in [1.29, 1.82) is 0 Å². The Hall–Kier alpha value is -1.29. The second kappa shape index (κ2) is 6.33. The number of aromatic amines is 1. The van der Waals surface area contributed by atoms with Gasteiger partial charge in [0.15, 0.2) is 0 Å². The third-order valence-electron chi connectivity index (χ3n) is 2.73. The molecule has 0 radical (unpaired) electrons. The van der Waals surface area contributed by atoms with E-state index in [1.165, 1.54) is 0 Å². The number of nitrogens with one attached hydrogen (secondary N) is 1. The van der Waals surface area contributed by atoms with E-state index in [0.29, 0.717) is 13.0 Å². The SMILES string of the molecule is CC(CN)CC(=O)N(C)CCc1ccc[nH]1. The summed E-state index contributed by atoms with van der Waals surface area (Å²) in [5.74, 6) is 0.435. The van der Waals surface area contributed by atoms with Crippen molar-refractivity contribution in [2.75, 3.05) is 20.1 Å². The zero-order valence-corrected chi connectivity index (χ0v) is 10.1. The molecule has 1 heterocycles. The maximum atomic E-state index is 11.7. The van der Waals surface area contributed by atoms with Crippen LogP contribution < -0.4 is 5.73 Å². The van der Waals surface area contributed by atoms with E-state index in [-0.39, 0.29) is 11.8 Å². The molecule has 0 aliphatic carbocycles. The number of carbonyl (C=O) groups excluding carboxylic acids is 1. The van der Waals surface area contributed by atoms with Gasteiger partial charge in [-0.25, -0.2) is 0 Å². The lowest BCUT2D eigenvalue weighted by Gasteiger charge is -2.18. The standard InChI is InChI=1S/C12H21N3O/c1-10(9-13)8-12(16)15(2)7-5-11-4-3-6-14-11/h3-4,6,10,14H,5,7-9,13H2,1-2H3. The van der Waals surface area contributed by atoms with Crippen LogP contribution in [0.4, 0.5) is 0 Å². The van der Waals surface area contributed by atoms with Crippen LogP contribution >= 0.6 is 0 Å². The topological polar surface area (TPSA) is 62.1 Å². The largest absolute Gasteiger partial charge is 0.365 e. The average Bonchev–Trinajstić information content (AvgIpc) is 2.78. The number of H-pyrrole nitrogens is 1. The van der Waals surface area contributed by atoms with Crippen LogP contribution in [-0.4, -0.2) is 35.9 Å². The minimum atomic E-state index is 0.171. The first-order valence-corrected chi connectivity index (χ1v) is 5.69. The van der Waals surface area contributed by atoms with Gasteiger partial charge >= 0.3 is 0 Å². The molecule has 1 aromatic heterocycles. The Balaban J connectivity index is 2.29. The fourth-order valence-corrected chi connectivity index (χ4v) is 1.47. The van der Waals surface area contributed by atoms with Crippen LogP contribution in [-0.2, 0) is 11.2 Å². The second-order valence-electron chi connectivity index (χ2n) is 4.31. The highest BCUT2D eigenvalue weighted by molar-refractivity contribution is 5.76. The van der Waals surface area contributed by atoms with E-state index in [9.17, 15) is 4.79 Å². The highest BCUT2D eigenvalue weighted by Crippen LogP contribution is 2.04. The van der Waals surface area contributed by atoms with E-state index < -0.39 is 0 Å². The summed E-state index contributed by atoms with van der Waals surface area (Å²) in [5.41, 5.74) is 6.65. The molecule has 0 saturated heterocycles. The predicted molar refractivity (Wildman–Crippen MR) is 65.0 cm³/mol. The average molecular weight is 223 g/mol. The molecule has 1 unspecified atom stereocenters. The van der Waals surface area contributed by atoms with Gasteiger partial charge in [-0.1, -0.05) is 6.92 Å². The molecule has 4 heteroatoms. The summed E-state index contributed by atoms with van der Waals surface area (Å²) >= 11 is 0. The van der Waals surface area contributed by atoms with Gasteiger partial charge in [-0.3, -0.25) is 4.79 Å². The van der Waals surface area contributed by atoms with E-state index >= 15 is 0 Å². The minimum Gasteiger partial charge on any atom is -0.365 e. The molecule has 1 rings (SSSR count). The maximum Gasteiger partial charge on any atom is 0.222 e. The summed E-state index contributed by atoms with van der Waals surface area (Å²) in [6, 6.07) is 3.99. The summed E-state index contributed by atoms with van der Waals surface area (Å²) in [7, 11) is 1.84. The Morgan fingerprint density at radius 2 is 2.38 bits per heavy atom. The Morgan fingerprint density at radius 3 is 2.94 bits per heavy atom. The van der Waals surface area contributed by atoms with Crippen LogP contribution in [0.3, 0.4) is 0 Å². The first-order valence-electron chi connectivity index (χ1n) is 5.69. The van der Waals surface area contributed by atoms with Gasteiger partial charge in [0.1, 0.15) is 0 Å². The smallest absolute Gasteiger partial charge is 0.222 e. The first-order chi connectivity index (χ1) is 7.63. The zero-order valence-electron chi connectivity index (χ0n) is 10.1. The molecular weight excluding hydrogens is 202 g/mol. The van der Waals surface area contributed by atoms with Gasteiger partial charge in [0.05, 0.1) is 0 Å². The molecule has 1 atom stereocenters. The third-order valence-corrected chi connectivity index (χ3v) is 2.73. The predicted octanol–water partition coefficient (Wildman–Crippen LogP) is 1.00. The zero-order chi connectivity index (χ0) is 12.0. The molecule has 16 heavy (non-hydrogen) atoms. The van der Waals surface area contributed by atoms with Crippen LogP contribution in [0.2, 0.25) is 0 Å². The lowest BCUT2D eigenvalue weighted by atomic mass is 10.1. The van der Waals surface area contributed by atoms with E-state index in [2.05, 4.69) is 4.98 Å². The molecule has 0 spiro atoms. The van der Waals surface area contributed by atoms with E-state index in [1.807, 2.05) is 32.3 Å². The van der Waals surface area contributed by atoms with Crippen LogP contribution in [0.25, 0.3) is 0 Å². The number of carbonyl (C=O) groups is 1. The minimum absolute atomic E-state index is 0.171. The summed E-state index contributed by atoms with van der Waals surface area (Å²) in [4.78, 5) is 16.6. The molecule has 0 saturated carbocycles. The van der Waals surface area contributed by atoms with Crippen LogP contribution in [0.15, 0.2) is 18.3 Å². The number of nitrogens with zero attached hydrogens (tertiary/aromatic N) is 1. The maximum absolute atomic E-state index is 11.7. The molecule has 1 amide bonds. The Morgan fingerprint density at radius 1 is 1.62 bits per heavy atom. The van der Waals surface area contributed by atoms with Gasteiger partial charge in [0, 0.05) is 38.3 Å². The highest BCUT2D eigenvalue weighted by atomic mass is 16.2. The number of amides is 1. The van der Waals surface area contributed by atoms with E-state index in [1.54, 1.807) is 4.90 Å². The Kier molecular flexibility index (Phi) is 5.05. The van der Waals surface area contributed by atoms with Crippen molar-refractivity contribution >= 4 is 5.91 Å². The number of aromatic nitrogens is 1. The molecule has 0 aromatic carbocycles. The number of likely N-dealkylation sites (N-methyl/N-ethyl adjacent to an activating group) is 1. The quantitative estimate of drug-likeness (QED) is 0.755. The van der Waals surface area contributed by atoms with Crippen molar-refractivity contribution in [1.82, 2.24) is 9.88 Å². The van der Waals surface area contributed by atoms with Crippen molar-refractivity contribution in [2.45, 2.75) is 19.8 Å². The summed E-state index contributed by atoms with van der Waals surface area (Å²) in [5, 5.41) is 0.